The zero-order valence-electron chi connectivity index (χ0n) is 10.5. The highest BCUT2D eigenvalue weighted by Gasteiger charge is 2.21. The van der Waals surface area contributed by atoms with Crippen molar-refractivity contribution in [2.45, 2.75) is 45.6 Å². The Morgan fingerprint density at radius 1 is 1.50 bits per heavy atom. The van der Waals surface area contributed by atoms with Crippen molar-refractivity contribution < 1.29 is 4.74 Å². The van der Waals surface area contributed by atoms with Crippen molar-refractivity contribution in [2.75, 3.05) is 26.2 Å². The van der Waals surface area contributed by atoms with E-state index in [1.54, 1.807) is 0 Å². The third kappa shape index (κ3) is 4.66. The molecular weight excluding hydrogens is 220 g/mol. The predicted molar refractivity (Wildman–Crippen MR) is 71.7 cm³/mol. The number of likely N-dealkylation sites (tertiary alicyclic amines) is 1. The summed E-state index contributed by atoms with van der Waals surface area (Å²) in [4.78, 5) is 2.24. The average molecular weight is 244 g/mol. The second-order valence-electron chi connectivity index (χ2n) is 4.25. The first-order valence-corrected chi connectivity index (χ1v) is 6.83. The molecule has 0 aliphatic carbocycles. The molecule has 0 aromatic carbocycles. The van der Waals surface area contributed by atoms with E-state index < -0.39 is 0 Å². The summed E-state index contributed by atoms with van der Waals surface area (Å²) in [5.41, 5.74) is 0. The van der Waals surface area contributed by atoms with Crippen molar-refractivity contribution >= 4 is 17.3 Å². The first kappa shape index (κ1) is 13.7. The van der Waals surface area contributed by atoms with Crippen LogP contribution >= 0.6 is 12.2 Å². The van der Waals surface area contributed by atoms with Crippen LogP contribution < -0.4 is 5.32 Å². The van der Waals surface area contributed by atoms with Crippen molar-refractivity contribution in [3.05, 3.63) is 0 Å². The van der Waals surface area contributed by atoms with E-state index in [1.165, 1.54) is 25.7 Å². The lowest BCUT2D eigenvalue weighted by atomic mass is 10.1. The van der Waals surface area contributed by atoms with Crippen molar-refractivity contribution in [3.63, 3.8) is 0 Å². The number of rotatable bonds is 5. The molecule has 1 fully saturated rings. The summed E-state index contributed by atoms with van der Waals surface area (Å²) in [5, 5.41) is 4.22. The molecule has 0 bridgehead atoms. The number of ether oxygens (including phenoxy) is 1. The average Bonchev–Trinajstić information content (AvgIpc) is 2.30. The van der Waals surface area contributed by atoms with E-state index in [2.05, 4.69) is 24.1 Å². The molecule has 1 N–H and O–H groups in total. The van der Waals surface area contributed by atoms with E-state index in [4.69, 9.17) is 17.0 Å². The van der Waals surface area contributed by atoms with Gasteiger partial charge < -0.3 is 15.0 Å². The van der Waals surface area contributed by atoms with Gasteiger partial charge in [-0.3, -0.25) is 0 Å². The van der Waals surface area contributed by atoms with Gasteiger partial charge in [0.2, 0.25) is 0 Å². The third-order valence-electron chi connectivity index (χ3n) is 2.87. The van der Waals surface area contributed by atoms with Crippen molar-refractivity contribution in [3.8, 4) is 0 Å². The summed E-state index contributed by atoms with van der Waals surface area (Å²) in [6, 6.07) is 0. The minimum Gasteiger partial charge on any atom is -0.377 e. The maximum absolute atomic E-state index is 5.66. The topological polar surface area (TPSA) is 24.5 Å². The summed E-state index contributed by atoms with van der Waals surface area (Å²) in [6.45, 7) is 8.06. The van der Waals surface area contributed by atoms with E-state index in [9.17, 15) is 0 Å². The standard InChI is InChI=1S/C12H24N2OS/c1-3-5-8-13-12(16)14-9-6-7-11(10-14)15-4-2/h11H,3-10H2,1-2H3,(H,13,16). The van der Waals surface area contributed by atoms with Crippen molar-refractivity contribution in [1.29, 1.82) is 0 Å². The summed E-state index contributed by atoms with van der Waals surface area (Å²) in [6.07, 6.45) is 5.10. The molecule has 0 aromatic heterocycles. The molecule has 4 heteroatoms. The Balaban J connectivity index is 2.26. The van der Waals surface area contributed by atoms with Crippen LogP contribution in [0.3, 0.4) is 0 Å². The SMILES string of the molecule is CCCCNC(=S)N1CCCC(OCC)C1. The molecule has 0 radical (unpaired) electrons. The number of unbranched alkanes of at least 4 members (excludes halogenated alkanes) is 1. The maximum Gasteiger partial charge on any atom is 0.169 e. The van der Waals surface area contributed by atoms with E-state index in [0.29, 0.717) is 6.10 Å². The van der Waals surface area contributed by atoms with Gasteiger partial charge in [-0.1, -0.05) is 13.3 Å². The van der Waals surface area contributed by atoms with Crippen LogP contribution in [0.15, 0.2) is 0 Å². The van der Waals surface area contributed by atoms with Gasteiger partial charge in [-0.05, 0) is 38.4 Å². The van der Waals surface area contributed by atoms with E-state index in [-0.39, 0.29) is 0 Å². The number of thiocarbonyl (C=S) groups is 1. The Morgan fingerprint density at radius 3 is 3.00 bits per heavy atom. The zero-order chi connectivity index (χ0) is 11.8. The van der Waals surface area contributed by atoms with Gasteiger partial charge >= 0.3 is 0 Å². The van der Waals surface area contributed by atoms with Gasteiger partial charge in [-0.25, -0.2) is 0 Å². The molecule has 16 heavy (non-hydrogen) atoms. The van der Waals surface area contributed by atoms with Crippen molar-refractivity contribution in [2.24, 2.45) is 0 Å². The zero-order valence-corrected chi connectivity index (χ0v) is 11.3. The van der Waals surface area contributed by atoms with Gasteiger partial charge in [0.1, 0.15) is 0 Å². The monoisotopic (exact) mass is 244 g/mol. The molecule has 0 aromatic rings. The van der Waals surface area contributed by atoms with Crippen LogP contribution in [-0.4, -0.2) is 42.4 Å². The number of hydrogen-bond acceptors (Lipinski definition) is 2. The van der Waals surface area contributed by atoms with E-state index in [1.807, 2.05) is 0 Å². The smallest absolute Gasteiger partial charge is 0.169 e. The molecule has 1 saturated heterocycles. The molecular formula is C12H24N2OS. The molecule has 1 heterocycles. The third-order valence-corrected chi connectivity index (χ3v) is 3.28. The Labute approximate surface area is 105 Å². The van der Waals surface area contributed by atoms with Crippen LogP contribution in [-0.2, 0) is 4.74 Å². The largest absolute Gasteiger partial charge is 0.377 e. The van der Waals surface area contributed by atoms with Gasteiger partial charge in [0.15, 0.2) is 5.11 Å². The fourth-order valence-corrected chi connectivity index (χ4v) is 2.25. The fraction of sp³-hybridized carbons (Fsp3) is 0.917. The van der Waals surface area contributed by atoms with Crippen LogP contribution in [0, 0.1) is 0 Å². The minimum absolute atomic E-state index is 0.365. The van der Waals surface area contributed by atoms with Crippen LogP contribution in [0.4, 0.5) is 0 Å². The molecule has 1 aliphatic heterocycles. The molecule has 0 amide bonds. The number of piperidine rings is 1. The number of nitrogens with one attached hydrogen (secondary N) is 1. The van der Waals surface area contributed by atoms with Crippen LogP contribution in [0.1, 0.15) is 39.5 Å². The van der Waals surface area contributed by atoms with E-state index >= 15 is 0 Å². The van der Waals surface area contributed by atoms with Gasteiger partial charge in [0, 0.05) is 26.2 Å². The number of nitrogens with zero attached hydrogens (tertiary/aromatic N) is 1. The van der Waals surface area contributed by atoms with Gasteiger partial charge in [-0.15, -0.1) is 0 Å². The Bertz CT molecular complexity index is 209. The quantitative estimate of drug-likeness (QED) is 0.592. The normalized spacial score (nSPS) is 20.9. The van der Waals surface area contributed by atoms with Gasteiger partial charge in [0.05, 0.1) is 6.10 Å². The summed E-state index contributed by atoms with van der Waals surface area (Å²) in [5.74, 6) is 0. The molecule has 3 nitrogen and oxygen atoms in total. The maximum atomic E-state index is 5.66. The van der Waals surface area contributed by atoms with E-state index in [0.717, 1.165) is 31.4 Å². The second-order valence-corrected chi connectivity index (χ2v) is 4.64. The second kappa shape index (κ2) is 7.85. The Morgan fingerprint density at radius 2 is 2.31 bits per heavy atom. The molecule has 1 rings (SSSR count). The molecule has 94 valence electrons. The first-order valence-electron chi connectivity index (χ1n) is 6.42. The molecule has 1 atom stereocenters. The minimum atomic E-state index is 0.365. The van der Waals surface area contributed by atoms with Crippen molar-refractivity contribution in [1.82, 2.24) is 10.2 Å². The Hall–Kier alpha value is -0.350. The van der Waals surface area contributed by atoms with Crippen LogP contribution in [0.2, 0.25) is 0 Å². The molecule has 1 aliphatic rings. The first-order chi connectivity index (χ1) is 7.77. The predicted octanol–water partition coefficient (Wildman–Crippen LogP) is 2.16. The Kier molecular flexibility index (Phi) is 6.73. The van der Waals surface area contributed by atoms with Gasteiger partial charge in [0.25, 0.3) is 0 Å². The lowest BCUT2D eigenvalue weighted by Crippen LogP contribution is -2.47. The highest BCUT2D eigenvalue weighted by Crippen LogP contribution is 2.13. The van der Waals surface area contributed by atoms with Gasteiger partial charge in [-0.2, -0.15) is 0 Å². The lowest BCUT2D eigenvalue weighted by molar-refractivity contribution is 0.0234. The summed E-state index contributed by atoms with van der Waals surface area (Å²) in [7, 11) is 0. The summed E-state index contributed by atoms with van der Waals surface area (Å²) >= 11 is 5.38. The number of hydrogen-bond donors (Lipinski definition) is 1. The van der Waals surface area contributed by atoms with Crippen LogP contribution in [0.5, 0.6) is 0 Å². The molecule has 1 unspecified atom stereocenters. The fourth-order valence-electron chi connectivity index (χ4n) is 1.98. The highest BCUT2D eigenvalue weighted by molar-refractivity contribution is 7.80. The molecule has 0 saturated carbocycles. The van der Waals surface area contributed by atoms with Crippen LogP contribution in [0.25, 0.3) is 0 Å². The summed E-state index contributed by atoms with van der Waals surface area (Å²) < 4.78 is 5.66. The molecule has 0 spiro atoms. The highest BCUT2D eigenvalue weighted by atomic mass is 32.1. The lowest BCUT2D eigenvalue weighted by Gasteiger charge is -2.34.